The van der Waals surface area contributed by atoms with E-state index < -0.39 is 30.3 Å². The summed E-state index contributed by atoms with van der Waals surface area (Å²) in [6, 6.07) is 12.5. The Morgan fingerprint density at radius 3 is 2.59 bits per heavy atom. The second-order valence-electron chi connectivity index (χ2n) is 5.37. The Labute approximate surface area is 150 Å². The van der Waals surface area contributed by atoms with Crippen molar-refractivity contribution in [1.82, 2.24) is 0 Å². The molecule has 27 heavy (non-hydrogen) atoms. The first kappa shape index (κ1) is 18.3. The summed E-state index contributed by atoms with van der Waals surface area (Å²) in [5.74, 6) is -0.749. The largest absolute Gasteiger partial charge is 0.573 e. The van der Waals surface area contributed by atoms with Crippen LogP contribution in [0.5, 0.6) is 11.5 Å². The molecule has 0 saturated carbocycles. The molecule has 0 bridgehead atoms. The number of fused-ring (bicyclic) bond motifs is 1. The van der Waals surface area contributed by atoms with E-state index in [4.69, 9.17) is 9.15 Å². The lowest BCUT2D eigenvalue weighted by atomic mass is 10.2. The van der Waals surface area contributed by atoms with Crippen LogP contribution in [-0.4, -0.2) is 18.9 Å². The molecule has 2 aromatic carbocycles. The maximum atomic E-state index is 12.2. The monoisotopic (exact) mass is 379 g/mol. The molecule has 3 rings (SSSR count). The van der Waals surface area contributed by atoms with Crippen LogP contribution in [0.1, 0.15) is 0 Å². The number of carbonyl (C=O) groups is 1. The van der Waals surface area contributed by atoms with Gasteiger partial charge in [0, 0.05) is 29.3 Å². The van der Waals surface area contributed by atoms with Crippen molar-refractivity contribution in [2.75, 3.05) is 11.9 Å². The Kier molecular flexibility index (Phi) is 5.02. The summed E-state index contributed by atoms with van der Waals surface area (Å²) in [5.41, 5.74) is -0.0920. The van der Waals surface area contributed by atoms with Crippen LogP contribution in [-0.2, 0) is 4.79 Å². The minimum atomic E-state index is -4.82. The van der Waals surface area contributed by atoms with Gasteiger partial charge in [0.2, 0.25) is 0 Å². The van der Waals surface area contributed by atoms with Gasteiger partial charge in [-0.2, -0.15) is 0 Å². The zero-order chi connectivity index (χ0) is 19.4. The average Bonchev–Trinajstić information content (AvgIpc) is 2.58. The van der Waals surface area contributed by atoms with Crippen molar-refractivity contribution in [1.29, 1.82) is 0 Å². The number of benzene rings is 2. The molecule has 0 unspecified atom stereocenters. The van der Waals surface area contributed by atoms with Gasteiger partial charge < -0.3 is 19.2 Å². The minimum absolute atomic E-state index is 0.120. The number of hydrogen-bond donors (Lipinski definition) is 1. The predicted octanol–water partition coefficient (Wildman–Crippen LogP) is 3.71. The highest BCUT2D eigenvalue weighted by atomic mass is 19.4. The Bertz CT molecular complexity index is 1030. The third-order valence-electron chi connectivity index (χ3n) is 3.32. The van der Waals surface area contributed by atoms with Crippen molar-refractivity contribution in [3.63, 3.8) is 0 Å². The van der Waals surface area contributed by atoms with Crippen LogP contribution in [0.4, 0.5) is 18.9 Å². The molecule has 9 heteroatoms. The number of carbonyl (C=O) groups excluding carboxylic acids is 1. The van der Waals surface area contributed by atoms with E-state index in [1.54, 1.807) is 18.2 Å². The second kappa shape index (κ2) is 7.40. The zero-order valence-electron chi connectivity index (χ0n) is 13.6. The topological polar surface area (TPSA) is 77.8 Å². The molecule has 0 saturated heterocycles. The summed E-state index contributed by atoms with van der Waals surface area (Å²) >= 11 is 0. The van der Waals surface area contributed by atoms with Gasteiger partial charge in [-0.05, 0) is 30.3 Å². The van der Waals surface area contributed by atoms with E-state index in [1.807, 2.05) is 0 Å². The third-order valence-corrected chi connectivity index (χ3v) is 3.32. The highest BCUT2D eigenvalue weighted by Crippen LogP contribution is 2.25. The van der Waals surface area contributed by atoms with Gasteiger partial charge >= 0.3 is 12.0 Å². The molecular formula is C18H12F3NO5. The summed E-state index contributed by atoms with van der Waals surface area (Å²) in [5, 5.41) is 3.09. The van der Waals surface area contributed by atoms with Crippen LogP contribution in [0.2, 0.25) is 0 Å². The van der Waals surface area contributed by atoms with Gasteiger partial charge in [0.25, 0.3) is 5.91 Å². The average molecular weight is 379 g/mol. The van der Waals surface area contributed by atoms with E-state index in [0.717, 1.165) is 12.1 Å². The van der Waals surface area contributed by atoms with Crippen LogP contribution in [0, 0.1) is 0 Å². The smallest absolute Gasteiger partial charge is 0.484 e. The molecule has 1 aromatic heterocycles. The minimum Gasteiger partial charge on any atom is -0.484 e. The molecule has 1 amide bonds. The number of nitrogens with one attached hydrogen (secondary N) is 1. The lowest BCUT2D eigenvalue weighted by Crippen LogP contribution is -2.20. The van der Waals surface area contributed by atoms with E-state index >= 15 is 0 Å². The van der Waals surface area contributed by atoms with E-state index in [-0.39, 0.29) is 5.69 Å². The normalized spacial score (nSPS) is 11.2. The van der Waals surface area contributed by atoms with Crippen LogP contribution in [0.3, 0.4) is 0 Å². The van der Waals surface area contributed by atoms with Crippen molar-refractivity contribution in [3.05, 3.63) is 65.0 Å². The van der Waals surface area contributed by atoms with Crippen molar-refractivity contribution in [2.24, 2.45) is 0 Å². The number of hydrogen-bond acceptors (Lipinski definition) is 5. The molecule has 0 aliphatic carbocycles. The maximum absolute atomic E-state index is 12.2. The predicted molar refractivity (Wildman–Crippen MR) is 89.7 cm³/mol. The van der Waals surface area contributed by atoms with Crippen LogP contribution >= 0.6 is 0 Å². The Morgan fingerprint density at radius 1 is 1.04 bits per heavy atom. The van der Waals surface area contributed by atoms with Gasteiger partial charge in [-0.1, -0.05) is 6.07 Å². The molecular weight excluding hydrogens is 367 g/mol. The first-order chi connectivity index (χ1) is 12.8. The second-order valence-corrected chi connectivity index (χ2v) is 5.37. The van der Waals surface area contributed by atoms with Gasteiger partial charge in [-0.25, -0.2) is 4.79 Å². The molecule has 0 fully saturated rings. The molecule has 3 aromatic rings. The zero-order valence-corrected chi connectivity index (χ0v) is 13.6. The number of anilines is 1. The van der Waals surface area contributed by atoms with Crippen LogP contribution in [0.15, 0.2) is 63.8 Å². The summed E-state index contributed by atoms with van der Waals surface area (Å²) in [4.78, 5) is 23.2. The van der Waals surface area contributed by atoms with E-state index in [9.17, 15) is 22.8 Å². The molecule has 140 valence electrons. The lowest BCUT2D eigenvalue weighted by molar-refractivity contribution is -0.274. The molecule has 0 atom stereocenters. The van der Waals surface area contributed by atoms with Crippen LogP contribution < -0.4 is 20.4 Å². The highest BCUT2D eigenvalue weighted by Gasteiger charge is 2.31. The Morgan fingerprint density at radius 2 is 1.81 bits per heavy atom. The van der Waals surface area contributed by atoms with E-state index in [0.29, 0.717) is 16.7 Å². The van der Waals surface area contributed by atoms with Crippen molar-refractivity contribution in [3.8, 4) is 11.5 Å². The Hall–Kier alpha value is -3.49. The fraction of sp³-hybridized carbons (Fsp3) is 0.111. The molecule has 1 N–H and O–H groups in total. The molecule has 0 radical (unpaired) electrons. The number of amides is 1. The van der Waals surface area contributed by atoms with Gasteiger partial charge in [0.1, 0.15) is 17.1 Å². The summed E-state index contributed by atoms with van der Waals surface area (Å²) in [7, 11) is 0. The molecule has 1 heterocycles. The van der Waals surface area contributed by atoms with Crippen molar-refractivity contribution >= 4 is 22.6 Å². The van der Waals surface area contributed by atoms with Crippen molar-refractivity contribution in [2.45, 2.75) is 6.36 Å². The van der Waals surface area contributed by atoms with Gasteiger partial charge in [-0.3, -0.25) is 4.79 Å². The molecule has 0 aliphatic heterocycles. The lowest BCUT2D eigenvalue weighted by Gasteiger charge is -2.11. The number of alkyl halides is 3. The SMILES string of the molecule is O=C(COc1ccc2ccc(=O)oc2c1)Nc1cccc(OC(F)(F)F)c1. The summed E-state index contributed by atoms with van der Waals surface area (Å²) in [6.45, 7) is -0.396. The molecule has 6 nitrogen and oxygen atoms in total. The Balaban J connectivity index is 1.61. The highest BCUT2D eigenvalue weighted by molar-refractivity contribution is 5.92. The summed E-state index contributed by atoms with van der Waals surface area (Å²) < 4.78 is 50.8. The first-order valence-electron chi connectivity index (χ1n) is 7.61. The fourth-order valence-corrected chi connectivity index (χ4v) is 2.25. The standard InChI is InChI=1S/C18H12F3NO5/c19-18(20,21)27-14-3-1-2-12(8-14)22-16(23)10-25-13-6-4-11-5-7-17(24)26-15(11)9-13/h1-9H,10H2,(H,22,23). The van der Waals surface area contributed by atoms with Crippen molar-refractivity contribution < 1.29 is 31.9 Å². The molecule has 0 spiro atoms. The van der Waals surface area contributed by atoms with Gasteiger partial charge in [0.15, 0.2) is 6.61 Å². The van der Waals surface area contributed by atoms with E-state index in [2.05, 4.69) is 10.1 Å². The first-order valence-corrected chi connectivity index (χ1v) is 7.61. The quantitative estimate of drug-likeness (QED) is 0.684. The molecule has 0 aliphatic rings. The van der Waals surface area contributed by atoms with E-state index in [1.165, 1.54) is 24.3 Å². The number of rotatable bonds is 5. The van der Waals surface area contributed by atoms with Crippen LogP contribution in [0.25, 0.3) is 11.0 Å². The van der Waals surface area contributed by atoms with Gasteiger partial charge in [0.05, 0.1) is 0 Å². The summed E-state index contributed by atoms with van der Waals surface area (Å²) in [6.07, 6.45) is -4.82. The fourth-order valence-electron chi connectivity index (χ4n) is 2.25. The number of halogens is 3. The maximum Gasteiger partial charge on any atom is 0.573 e. The third kappa shape index (κ3) is 5.24. The van der Waals surface area contributed by atoms with Gasteiger partial charge in [-0.15, -0.1) is 13.2 Å². The number of ether oxygens (including phenoxy) is 2.